The van der Waals surface area contributed by atoms with Gasteiger partial charge in [0.05, 0.1) is 7.11 Å². The van der Waals surface area contributed by atoms with E-state index < -0.39 is 137 Å². The lowest BCUT2D eigenvalue weighted by atomic mass is 9.91. The van der Waals surface area contributed by atoms with E-state index in [0.717, 1.165) is 16.9 Å². The second-order valence-electron chi connectivity index (χ2n) is 20.7. The van der Waals surface area contributed by atoms with Crippen molar-refractivity contribution in [3.63, 3.8) is 0 Å². The maximum absolute atomic E-state index is 15.1. The number of likely N-dealkylation sites (N-methyl/N-ethyl adjacent to an activating group) is 1. The molecule has 2 aliphatic heterocycles. The fourth-order valence-electron chi connectivity index (χ4n) is 9.55. The van der Waals surface area contributed by atoms with E-state index in [4.69, 9.17) is 14.2 Å². The van der Waals surface area contributed by atoms with Crippen LogP contribution in [0.4, 0.5) is 0 Å². The van der Waals surface area contributed by atoms with Gasteiger partial charge in [0, 0.05) is 20.6 Å². The second-order valence-corrected chi connectivity index (χ2v) is 21.8. The van der Waals surface area contributed by atoms with Crippen LogP contribution in [0.3, 0.4) is 0 Å². The van der Waals surface area contributed by atoms with Gasteiger partial charge in [-0.05, 0) is 110 Å². The monoisotopic (exact) mass is 1170 g/mol. The summed E-state index contributed by atoms with van der Waals surface area (Å²) in [5.41, 5.74) is 1.75. The molecule has 2 bridgehead atoms. The summed E-state index contributed by atoms with van der Waals surface area (Å²) in [6, 6.07) is 7.90. The molecule has 82 heavy (non-hydrogen) atoms. The summed E-state index contributed by atoms with van der Waals surface area (Å²) >= 11 is 0. The molecule has 7 amide bonds. The minimum Gasteiger partial charge on any atom is -0.508 e. The summed E-state index contributed by atoms with van der Waals surface area (Å²) in [4.78, 5) is 120. The van der Waals surface area contributed by atoms with Crippen molar-refractivity contribution in [1.29, 1.82) is 0 Å². The summed E-state index contributed by atoms with van der Waals surface area (Å²) in [6.07, 6.45) is -4.90. The van der Waals surface area contributed by atoms with E-state index in [-0.39, 0.29) is 62.9 Å². The number of carbonyl (C=O) groups is 8. The number of methoxy groups -OCH3 is 2. The van der Waals surface area contributed by atoms with Gasteiger partial charge >= 0.3 is 16.4 Å². The molecule has 8 unspecified atom stereocenters. The summed E-state index contributed by atoms with van der Waals surface area (Å²) in [5, 5.41) is 44.7. The summed E-state index contributed by atoms with van der Waals surface area (Å²) < 4.78 is 52.9. The summed E-state index contributed by atoms with van der Waals surface area (Å²) in [6.45, 7) is 7.12. The average molecular weight is 1170 g/mol. The predicted octanol–water partition coefficient (Wildman–Crippen LogP) is 1.35. The van der Waals surface area contributed by atoms with Crippen LogP contribution in [-0.4, -0.2) is 174 Å². The average Bonchev–Trinajstić information content (AvgIpc) is 3.17. The second kappa shape index (κ2) is 30.1. The molecule has 3 aromatic rings. The number of phenols is 2. The van der Waals surface area contributed by atoms with Gasteiger partial charge in [0.25, 0.3) is 5.91 Å². The zero-order valence-corrected chi connectivity index (χ0v) is 48.1. The fraction of sp³-hybridized carbons (Fsp3) is 0.536. The largest absolute Gasteiger partial charge is 0.508 e. The number of aliphatic hydroxyl groups excluding tert-OH is 1. The highest BCUT2D eigenvalue weighted by Gasteiger charge is 2.47. The van der Waals surface area contributed by atoms with Crippen LogP contribution < -0.4 is 31.3 Å². The molecule has 26 heteroatoms. The maximum atomic E-state index is 15.1. The number of aryl methyl sites for hydroxylation is 2. The lowest BCUT2D eigenvalue weighted by Crippen LogP contribution is -2.66. The molecule has 25 nitrogen and oxygen atoms in total. The lowest BCUT2D eigenvalue weighted by Gasteiger charge is -2.44. The normalized spacial score (nSPS) is 24.0. The van der Waals surface area contributed by atoms with Crippen LogP contribution in [0, 0.1) is 11.8 Å². The molecule has 2 heterocycles. The zero-order valence-electron chi connectivity index (χ0n) is 47.2. The molecule has 0 spiro atoms. The number of esters is 1. The quantitative estimate of drug-likeness (QED) is 0.0537. The molecule has 5 rings (SSSR count). The number of amides is 7. The first-order valence-corrected chi connectivity index (χ1v) is 28.5. The highest BCUT2D eigenvalue weighted by molar-refractivity contribution is 7.80. The molecule has 3 aromatic carbocycles. The van der Waals surface area contributed by atoms with Crippen molar-refractivity contribution in [1.82, 2.24) is 36.4 Å². The Hall–Kier alpha value is -7.39. The minimum absolute atomic E-state index is 0.0434. The number of piperidine rings is 1. The summed E-state index contributed by atoms with van der Waals surface area (Å²) in [5.74, 6) is -8.55. The SMILES string of the molecule is CCC(C)[C@@H]1NC(=O)C(Cc2ccc(OC)cc2)N(C)C(=O)[C@H](C(C)CC)N2C(=O)C(CCC2O)NC(=O)C(CCc2ccc(O)cc2)NC(=O)[C@@H](NC(=O)C(CCc2ccc(O)cc2)NC(=O)C(COS(=O)(=O)O)OC)[C@@H](C)OC1=O. The Morgan fingerprint density at radius 2 is 1.35 bits per heavy atom. The first kappa shape index (κ1) is 65.4. The molecule has 0 saturated carbocycles. The van der Waals surface area contributed by atoms with Gasteiger partial charge in [0.2, 0.25) is 35.4 Å². The van der Waals surface area contributed by atoms with Crippen molar-refractivity contribution in [2.45, 2.75) is 153 Å². The number of ether oxygens (including phenoxy) is 3. The molecule has 2 saturated heterocycles. The Kier molecular flexibility index (Phi) is 24.0. The molecule has 2 aliphatic rings. The van der Waals surface area contributed by atoms with Gasteiger partial charge in [-0.1, -0.05) is 76.9 Å². The Bertz CT molecular complexity index is 2810. The van der Waals surface area contributed by atoms with E-state index in [0.29, 0.717) is 28.9 Å². The van der Waals surface area contributed by atoms with Gasteiger partial charge in [-0.25, -0.2) is 8.98 Å². The van der Waals surface area contributed by atoms with Crippen molar-refractivity contribution in [3.05, 3.63) is 89.5 Å². The Labute approximate surface area is 477 Å². The zero-order chi connectivity index (χ0) is 60.6. The first-order chi connectivity index (χ1) is 38.8. The van der Waals surface area contributed by atoms with Gasteiger partial charge in [-0.3, -0.25) is 38.1 Å². The standard InChI is InChI=1S/C56H77N7O18S/c1-9-31(3)46-56(74)81-33(5)47(61-50(68)41(26-18-35-13-21-38(65)22-14-35)57-52(70)44(79-8)30-80-82(75,76)77)53(71)58-40(25-17-34-11-19-37(64)20-12-34)49(67)59-42-27-28-45(66)63(54(42)72)48(32(4)10-2)55(73)62(6)43(51(69)60-46)29-36-15-23-39(78-7)24-16-36/h11-16,19-24,31-33,40-48,64-66H,9-10,17-18,25-30H2,1-8H3,(H,57,70)(H,58,71)(H,59,67)(H,60,69)(H,61,68)(H,75,76,77)/t31?,32?,33-,40?,41?,42?,43?,44?,45?,46+,47+,48+/m1/s1. The number of aliphatic hydroxyl groups is 1. The number of nitrogens with one attached hydrogen (secondary N) is 5. The molecule has 2 fully saturated rings. The third-order valence-electron chi connectivity index (χ3n) is 15.0. The van der Waals surface area contributed by atoms with Crippen LogP contribution >= 0.6 is 0 Å². The van der Waals surface area contributed by atoms with Crippen molar-refractivity contribution in [2.75, 3.05) is 27.9 Å². The summed E-state index contributed by atoms with van der Waals surface area (Å²) in [7, 11) is -1.18. The number of carbonyl (C=O) groups excluding carboxylic acids is 8. The first-order valence-electron chi connectivity index (χ1n) is 27.1. The van der Waals surface area contributed by atoms with E-state index in [1.165, 1.54) is 45.3 Å². The molecule has 0 aliphatic carbocycles. The van der Waals surface area contributed by atoms with Gasteiger partial charge in [-0.15, -0.1) is 0 Å². The van der Waals surface area contributed by atoms with Crippen molar-refractivity contribution in [2.24, 2.45) is 11.8 Å². The number of fused-ring (bicyclic) bond motifs is 2. The van der Waals surface area contributed by atoms with Crippen LogP contribution in [0.2, 0.25) is 0 Å². The number of nitrogens with zero attached hydrogens (tertiary/aromatic N) is 2. The van der Waals surface area contributed by atoms with Crippen LogP contribution in [-0.2, 0) is 81.7 Å². The molecule has 0 radical (unpaired) electrons. The fourth-order valence-corrected chi connectivity index (χ4v) is 9.84. The number of rotatable bonds is 21. The van der Waals surface area contributed by atoms with Crippen molar-refractivity contribution < 1.29 is 85.0 Å². The van der Waals surface area contributed by atoms with Crippen molar-refractivity contribution >= 4 is 57.7 Å². The lowest BCUT2D eigenvalue weighted by molar-refractivity contribution is -0.168. The number of hydrogen-bond donors (Lipinski definition) is 9. The van der Waals surface area contributed by atoms with Gasteiger partial charge in [0.15, 0.2) is 6.10 Å². The van der Waals surface area contributed by atoms with Crippen LogP contribution in [0.15, 0.2) is 72.8 Å². The van der Waals surface area contributed by atoms with E-state index in [1.807, 2.05) is 0 Å². The van der Waals surface area contributed by atoms with Crippen molar-refractivity contribution in [3.8, 4) is 17.2 Å². The van der Waals surface area contributed by atoms with E-state index in [9.17, 15) is 57.1 Å². The Balaban J connectivity index is 1.65. The molecule has 9 N–H and O–H groups in total. The highest BCUT2D eigenvalue weighted by Crippen LogP contribution is 2.28. The molecule has 0 aromatic heterocycles. The van der Waals surface area contributed by atoms with E-state index in [1.54, 1.807) is 76.2 Å². The van der Waals surface area contributed by atoms with Crippen LogP contribution in [0.25, 0.3) is 0 Å². The predicted molar refractivity (Wildman–Crippen MR) is 294 cm³/mol. The van der Waals surface area contributed by atoms with Gasteiger partial charge in [0.1, 0.15) is 78.5 Å². The van der Waals surface area contributed by atoms with Crippen LogP contribution in [0.5, 0.6) is 17.2 Å². The van der Waals surface area contributed by atoms with Gasteiger partial charge in [-0.2, -0.15) is 8.42 Å². The number of cyclic esters (lactones) is 1. The smallest absolute Gasteiger partial charge is 0.397 e. The number of aromatic hydroxyl groups is 2. The highest BCUT2D eigenvalue weighted by atomic mass is 32.3. The molecular weight excluding hydrogens is 1090 g/mol. The number of hydrogen-bond acceptors (Lipinski definition) is 17. The third-order valence-corrected chi connectivity index (χ3v) is 15.4. The minimum atomic E-state index is -5.06. The third kappa shape index (κ3) is 18.1. The number of benzene rings is 3. The molecule has 12 atom stereocenters. The van der Waals surface area contributed by atoms with Gasteiger partial charge < -0.3 is 65.9 Å². The number of phenolic OH excluding ortho intramolecular Hbond substituents is 2. The maximum Gasteiger partial charge on any atom is 0.397 e. The molecular formula is C56H77N7O18S. The Morgan fingerprint density at radius 3 is 1.91 bits per heavy atom. The van der Waals surface area contributed by atoms with E-state index >= 15 is 9.59 Å². The van der Waals surface area contributed by atoms with Crippen LogP contribution in [0.1, 0.15) is 89.8 Å². The van der Waals surface area contributed by atoms with E-state index in [2.05, 4.69) is 30.8 Å². The molecule has 450 valence electrons. The Morgan fingerprint density at radius 1 is 0.768 bits per heavy atom. The topological polar surface area (TPSA) is 355 Å².